The number of rotatable bonds is 3. The van der Waals surface area contributed by atoms with Gasteiger partial charge in [-0.2, -0.15) is 0 Å². The largest absolute Gasteiger partial charge is 0.573 e. The molecule has 7 heteroatoms. The van der Waals surface area contributed by atoms with Gasteiger partial charge in [-0.05, 0) is 34.7 Å². The molecule has 0 heterocycles. The number of hydrogen-bond donors (Lipinski definition) is 0. The van der Waals surface area contributed by atoms with Gasteiger partial charge in [0.1, 0.15) is 5.75 Å². The molecule has 0 N–H and O–H groups in total. The Morgan fingerprint density at radius 3 is 2.56 bits per heavy atom. The topological polar surface area (TPSA) is 26.3 Å². The molecule has 1 aromatic carbocycles. The standard InChI is InChI=1S/C9H5ClF3IO2/c10-4-7(15)5-1-2-6(14)8(3-5)16-9(11,12)13/h1-3H,4H2. The van der Waals surface area contributed by atoms with Gasteiger partial charge in [-0.25, -0.2) is 0 Å². The molecule has 0 bridgehead atoms. The number of carbonyl (C=O) groups excluding carboxylic acids is 1. The third-order valence-electron chi connectivity index (χ3n) is 1.60. The molecule has 2 nitrogen and oxygen atoms in total. The minimum absolute atomic E-state index is 0.0923. The van der Waals surface area contributed by atoms with E-state index in [-0.39, 0.29) is 15.0 Å². The van der Waals surface area contributed by atoms with Crippen LogP contribution in [-0.4, -0.2) is 18.0 Å². The second-order valence-electron chi connectivity index (χ2n) is 2.75. The molecule has 1 rings (SSSR count). The summed E-state index contributed by atoms with van der Waals surface area (Å²) in [4.78, 5) is 11.2. The van der Waals surface area contributed by atoms with Crippen molar-refractivity contribution in [3.8, 4) is 5.75 Å². The maximum absolute atomic E-state index is 12.0. The molecule has 0 aliphatic rings. The van der Waals surface area contributed by atoms with Crippen LogP contribution in [0.4, 0.5) is 13.2 Å². The Bertz CT molecular complexity index is 406. The summed E-state index contributed by atoms with van der Waals surface area (Å²) in [5.41, 5.74) is 0.0923. The highest BCUT2D eigenvalue weighted by Crippen LogP contribution is 2.28. The van der Waals surface area contributed by atoms with Crippen molar-refractivity contribution >= 4 is 40.0 Å². The van der Waals surface area contributed by atoms with Crippen molar-refractivity contribution in [3.63, 3.8) is 0 Å². The highest BCUT2D eigenvalue weighted by atomic mass is 127. The zero-order valence-corrected chi connectivity index (χ0v) is 10.6. The van der Waals surface area contributed by atoms with E-state index in [0.717, 1.165) is 6.07 Å². The van der Waals surface area contributed by atoms with Crippen LogP contribution in [0.3, 0.4) is 0 Å². The predicted molar refractivity (Wildman–Crippen MR) is 60.9 cm³/mol. The second kappa shape index (κ2) is 5.22. The van der Waals surface area contributed by atoms with Crippen molar-refractivity contribution in [1.29, 1.82) is 0 Å². The molecule has 0 fully saturated rings. The quantitative estimate of drug-likeness (QED) is 0.465. The summed E-state index contributed by atoms with van der Waals surface area (Å²) in [5.74, 6) is -1.14. The van der Waals surface area contributed by atoms with Gasteiger partial charge in [0.25, 0.3) is 0 Å². The summed E-state index contributed by atoms with van der Waals surface area (Å²) in [5, 5.41) is 0. The van der Waals surface area contributed by atoms with Gasteiger partial charge in [-0.1, -0.05) is 6.07 Å². The SMILES string of the molecule is O=C(CCl)c1ccc(I)c(OC(F)(F)F)c1. The summed E-state index contributed by atoms with van der Waals surface area (Å²) >= 11 is 6.98. The lowest BCUT2D eigenvalue weighted by Crippen LogP contribution is -2.18. The van der Waals surface area contributed by atoms with Crippen LogP contribution in [-0.2, 0) is 0 Å². The molecular formula is C9H5ClF3IO2. The van der Waals surface area contributed by atoms with Gasteiger partial charge in [0, 0.05) is 5.56 Å². The second-order valence-corrected chi connectivity index (χ2v) is 4.18. The number of benzene rings is 1. The molecule has 0 aliphatic heterocycles. The molecule has 16 heavy (non-hydrogen) atoms. The lowest BCUT2D eigenvalue weighted by molar-refractivity contribution is -0.274. The van der Waals surface area contributed by atoms with E-state index in [0.29, 0.717) is 0 Å². The van der Waals surface area contributed by atoms with Crippen LogP contribution >= 0.6 is 34.2 Å². The molecule has 0 spiro atoms. The zero-order valence-electron chi connectivity index (χ0n) is 7.65. The van der Waals surface area contributed by atoms with Crippen molar-refractivity contribution in [2.24, 2.45) is 0 Å². The maximum atomic E-state index is 12.0. The molecule has 0 aliphatic carbocycles. The van der Waals surface area contributed by atoms with Gasteiger partial charge in [-0.15, -0.1) is 24.8 Å². The summed E-state index contributed by atoms with van der Waals surface area (Å²) < 4.78 is 40.0. The molecule has 0 saturated carbocycles. The average molecular weight is 364 g/mol. The lowest BCUT2D eigenvalue weighted by atomic mass is 10.1. The minimum Gasteiger partial charge on any atom is -0.405 e. The van der Waals surface area contributed by atoms with Crippen molar-refractivity contribution in [2.45, 2.75) is 6.36 Å². The first kappa shape index (κ1) is 13.6. The van der Waals surface area contributed by atoms with E-state index in [2.05, 4.69) is 4.74 Å². The molecule has 0 amide bonds. The Morgan fingerprint density at radius 2 is 2.06 bits per heavy atom. The number of alkyl halides is 4. The lowest BCUT2D eigenvalue weighted by Gasteiger charge is -2.11. The van der Waals surface area contributed by atoms with Gasteiger partial charge >= 0.3 is 6.36 Å². The fraction of sp³-hybridized carbons (Fsp3) is 0.222. The normalized spacial score (nSPS) is 11.3. The van der Waals surface area contributed by atoms with Crippen molar-refractivity contribution < 1.29 is 22.7 Å². The Labute approximate surface area is 108 Å². The number of Topliss-reactive ketones (excluding diaryl/α,β-unsaturated/α-hetero) is 1. The van der Waals surface area contributed by atoms with Gasteiger partial charge in [0.15, 0.2) is 5.78 Å². The van der Waals surface area contributed by atoms with E-state index in [1.54, 1.807) is 22.6 Å². The molecule has 0 atom stereocenters. The molecule has 0 aromatic heterocycles. The maximum Gasteiger partial charge on any atom is 0.573 e. The van der Waals surface area contributed by atoms with Crippen LogP contribution in [0.5, 0.6) is 5.75 Å². The Hall–Kier alpha value is -0.500. The van der Waals surface area contributed by atoms with Crippen LogP contribution in [0.15, 0.2) is 18.2 Å². The first-order chi connectivity index (χ1) is 7.33. The zero-order chi connectivity index (χ0) is 12.3. The molecular weight excluding hydrogens is 359 g/mol. The van der Waals surface area contributed by atoms with Gasteiger partial charge < -0.3 is 4.74 Å². The van der Waals surface area contributed by atoms with E-state index in [4.69, 9.17) is 11.6 Å². The van der Waals surface area contributed by atoms with E-state index in [9.17, 15) is 18.0 Å². The van der Waals surface area contributed by atoms with E-state index in [1.165, 1.54) is 12.1 Å². The highest BCUT2D eigenvalue weighted by molar-refractivity contribution is 14.1. The van der Waals surface area contributed by atoms with Crippen molar-refractivity contribution in [3.05, 3.63) is 27.3 Å². The van der Waals surface area contributed by atoms with Crippen LogP contribution in [0.2, 0.25) is 0 Å². The number of carbonyl (C=O) groups is 1. The first-order valence-corrected chi connectivity index (χ1v) is 5.59. The molecule has 0 unspecified atom stereocenters. The highest BCUT2D eigenvalue weighted by Gasteiger charge is 2.32. The smallest absolute Gasteiger partial charge is 0.405 e. The molecule has 0 radical (unpaired) electrons. The fourth-order valence-electron chi connectivity index (χ4n) is 0.957. The minimum atomic E-state index is -4.78. The van der Waals surface area contributed by atoms with Gasteiger partial charge in [0.2, 0.25) is 0 Å². The monoisotopic (exact) mass is 364 g/mol. The van der Waals surface area contributed by atoms with Crippen LogP contribution in [0.25, 0.3) is 0 Å². The van der Waals surface area contributed by atoms with E-state index < -0.39 is 17.9 Å². The molecule has 88 valence electrons. The Kier molecular flexibility index (Phi) is 4.43. The van der Waals surface area contributed by atoms with Crippen LogP contribution in [0, 0.1) is 3.57 Å². The van der Waals surface area contributed by atoms with Gasteiger partial charge in [0.05, 0.1) is 9.45 Å². The number of ether oxygens (including phenoxy) is 1. The summed E-state index contributed by atoms with van der Waals surface area (Å²) in [6, 6.07) is 3.79. The third kappa shape index (κ3) is 3.82. The van der Waals surface area contributed by atoms with Crippen molar-refractivity contribution in [2.75, 3.05) is 5.88 Å². The first-order valence-electron chi connectivity index (χ1n) is 3.98. The van der Waals surface area contributed by atoms with E-state index >= 15 is 0 Å². The Balaban J connectivity index is 3.04. The number of ketones is 1. The summed E-state index contributed by atoms with van der Waals surface area (Å²) in [7, 11) is 0. The summed E-state index contributed by atoms with van der Waals surface area (Å²) in [6.45, 7) is 0. The van der Waals surface area contributed by atoms with E-state index in [1.807, 2.05) is 0 Å². The fourth-order valence-corrected chi connectivity index (χ4v) is 1.56. The van der Waals surface area contributed by atoms with Crippen LogP contribution in [0.1, 0.15) is 10.4 Å². The molecule has 0 saturated heterocycles. The van der Waals surface area contributed by atoms with Gasteiger partial charge in [-0.3, -0.25) is 4.79 Å². The molecule has 1 aromatic rings. The van der Waals surface area contributed by atoms with Crippen LogP contribution < -0.4 is 4.74 Å². The Morgan fingerprint density at radius 1 is 1.44 bits per heavy atom. The third-order valence-corrected chi connectivity index (χ3v) is 2.73. The number of hydrogen-bond acceptors (Lipinski definition) is 2. The number of halogens is 5. The predicted octanol–water partition coefficient (Wildman–Crippen LogP) is 3.61. The summed E-state index contributed by atoms with van der Waals surface area (Å²) in [6.07, 6.45) is -4.78. The average Bonchev–Trinajstić information content (AvgIpc) is 2.18. The van der Waals surface area contributed by atoms with Crippen molar-refractivity contribution in [1.82, 2.24) is 0 Å².